The molecule has 2 aromatic carbocycles. The fourth-order valence-electron chi connectivity index (χ4n) is 11.3. The van der Waals surface area contributed by atoms with Crippen molar-refractivity contribution in [1.29, 1.82) is 0 Å². The van der Waals surface area contributed by atoms with E-state index in [0.29, 0.717) is 114 Å². The fourth-order valence-corrected chi connectivity index (χ4v) is 15.4. The molecule has 15 nitrogen and oxygen atoms in total. The van der Waals surface area contributed by atoms with E-state index < -0.39 is 29.7 Å². The molecule has 2 aromatic rings. The predicted octanol–water partition coefficient (Wildman–Crippen LogP) is 10.3. The average Bonchev–Trinajstić information content (AvgIpc) is 3.40. The second-order valence-electron chi connectivity index (χ2n) is 25.2. The Hall–Kier alpha value is -3.55. The summed E-state index contributed by atoms with van der Waals surface area (Å²) in [6.45, 7) is 33.3. The van der Waals surface area contributed by atoms with E-state index in [1.54, 1.807) is 0 Å². The van der Waals surface area contributed by atoms with Crippen molar-refractivity contribution in [3.8, 4) is 0 Å². The van der Waals surface area contributed by atoms with Crippen molar-refractivity contribution >= 4 is 58.8 Å². The van der Waals surface area contributed by atoms with Gasteiger partial charge in [-0.2, -0.15) is 0 Å². The predicted molar refractivity (Wildman–Crippen MR) is 332 cm³/mol. The van der Waals surface area contributed by atoms with Crippen LogP contribution in [0.4, 0.5) is 5.69 Å². The number of anilines is 1. The molecular weight excluding hydrogens is 1080 g/mol. The van der Waals surface area contributed by atoms with Gasteiger partial charge in [-0.25, -0.2) is 30.0 Å². The van der Waals surface area contributed by atoms with Crippen LogP contribution in [0, 0.1) is 29.6 Å². The average molecular weight is 1190 g/mol. The number of fused-ring (bicyclic) bond motifs is 2. The number of amides is 2. The van der Waals surface area contributed by atoms with Crippen LogP contribution in [0.15, 0.2) is 48.5 Å². The molecule has 18 heteroatoms. The molecule has 5 heterocycles. The number of nitrogens with one attached hydrogen (secondary N) is 1. The maximum absolute atomic E-state index is 11.8. The number of carbonyl (C=O) groups excluding carboxylic acids is 4. The zero-order valence-corrected chi connectivity index (χ0v) is 54.7. The molecule has 5 fully saturated rings. The molecule has 5 aliphatic heterocycles. The van der Waals surface area contributed by atoms with E-state index in [0.717, 1.165) is 83.0 Å². The van der Waals surface area contributed by atoms with Crippen molar-refractivity contribution in [3.05, 3.63) is 65.2 Å². The third kappa shape index (κ3) is 24.9. The van der Waals surface area contributed by atoms with Crippen LogP contribution in [0.3, 0.4) is 0 Å². The largest absolute Gasteiger partial charge is 0.340 e. The minimum Gasteiger partial charge on any atom is -0.340 e. The molecule has 0 bridgehead atoms. The van der Waals surface area contributed by atoms with Gasteiger partial charge in [0.1, 0.15) is 17.4 Å². The van der Waals surface area contributed by atoms with E-state index >= 15 is 0 Å². The van der Waals surface area contributed by atoms with Gasteiger partial charge >= 0.3 is 0 Å². The van der Waals surface area contributed by atoms with E-state index in [1.807, 2.05) is 52.8 Å². The number of piperidine rings is 1. The van der Waals surface area contributed by atoms with Crippen molar-refractivity contribution in [1.82, 2.24) is 19.4 Å². The highest BCUT2D eigenvalue weighted by Gasteiger charge is 2.31. The van der Waals surface area contributed by atoms with Crippen molar-refractivity contribution in [2.45, 2.75) is 210 Å². The molecule has 2 aliphatic carbocycles. The smallest absolute Gasteiger partial charge is 0.227 e. The molecule has 462 valence electrons. The summed E-state index contributed by atoms with van der Waals surface area (Å²) in [6, 6.07) is 18.0. The van der Waals surface area contributed by atoms with Gasteiger partial charge in [0.15, 0.2) is 19.7 Å². The normalized spacial score (nSPS) is 23.4. The van der Waals surface area contributed by atoms with E-state index in [1.165, 1.54) is 29.5 Å². The van der Waals surface area contributed by atoms with Crippen LogP contribution in [-0.4, -0.2) is 149 Å². The third-order valence-electron chi connectivity index (χ3n) is 16.4. The first-order chi connectivity index (χ1) is 37.9. The van der Waals surface area contributed by atoms with Gasteiger partial charge in [0.2, 0.25) is 21.8 Å². The number of para-hydroxylation sites is 1. The first-order valence-electron chi connectivity index (χ1n) is 30.6. The Kier molecular flexibility index (Phi) is 30.5. The number of hydrogen-bond donors (Lipinski definition) is 1. The zero-order chi connectivity index (χ0) is 60.8. The van der Waals surface area contributed by atoms with E-state index in [4.69, 9.17) is 0 Å². The lowest BCUT2D eigenvalue weighted by Crippen LogP contribution is -2.43. The summed E-state index contributed by atoms with van der Waals surface area (Å²) < 4.78 is 68.6. The summed E-state index contributed by atoms with van der Waals surface area (Å²) in [5.41, 5.74) is 5.02. The molecule has 1 saturated carbocycles. The molecule has 1 N–H and O–H groups in total. The minimum absolute atomic E-state index is 0.139. The first kappa shape index (κ1) is 71.7. The van der Waals surface area contributed by atoms with Gasteiger partial charge in [-0.1, -0.05) is 90.4 Å². The van der Waals surface area contributed by atoms with Gasteiger partial charge in [-0.05, 0) is 153 Å². The lowest BCUT2D eigenvalue weighted by Gasteiger charge is -2.32. The highest BCUT2D eigenvalue weighted by molar-refractivity contribution is 7.91. The number of benzene rings is 2. The van der Waals surface area contributed by atoms with Crippen LogP contribution < -0.4 is 9.62 Å². The topological polar surface area (TPSA) is 196 Å². The summed E-state index contributed by atoms with van der Waals surface area (Å²) in [5, 5.41) is 0. The van der Waals surface area contributed by atoms with Crippen molar-refractivity contribution in [2.24, 2.45) is 29.6 Å². The first-order valence-corrected chi connectivity index (χ1v) is 35.8. The lowest BCUT2D eigenvalue weighted by molar-refractivity contribution is -0.135. The summed E-state index contributed by atoms with van der Waals surface area (Å²) >= 11 is 0. The van der Waals surface area contributed by atoms with Crippen molar-refractivity contribution in [3.63, 3.8) is 0 Å². The Morgan fingerprint density at radius 2 is 1.06 bits per heavy atom. The molecule has 0 spiro atoms. The van der Waals surface area contributed by atoms with Crippen LogP contribution in [-0.2, 0) is 61.7 Å². The molecule has 4 saturated heterocycles. The van der Waals surface area contributed by atoms with Gasteiger partial charge in [0, 0.05) is 100 Å². The number of sulfonamides is 1. The van der Waals surface area contributed by atoms with Gasteiger partial charge < -0.3 is 9.80 Å². The number of rotatable bonds is 7. The summed E-state index contributed by atoms with van der Waals surface area (Å²) in [4.78, 5) is 54.0. The quantitative estimate of drug-likeness (QED) is 0.276. The molecule has 7 aliphatic rings. The number of ketones is 2. The summed E-state index contributed by atoms with van der Waals surface area (Å²) in [5.74, 6) is 5.72. The maximum Gasteiger partial charge on any atom is 0.227 e. The highest BCUT2D eigenvalue weighted by Crippen LogP contribution is 2.34. The Morgan fingerprint density at radius 1 is 0.469 bits per heavy atom. The van der Waals surface area contributed by atoms with E-state index in [-0.39, 0.29) is 23.7 Å². The van der Waals surface area contributed by atoms with Gasteiger partial charge in [0.05, 0.1) is 23.0 Å². The minimum atomic E-state index is -2.90. The zero-order valence-electron chi connectivity index (χ0n) is 52.3. The molecule has 0 aromatic heterocycles. The molecule has 0 radical (unpaired) electrons. The molecule has 3 atom stereocenters. The Balaban J connectivity index is 0.000000249. The van der Waals surface area contributed by atoms with Gasteiger partial charge in [-0.15, -0.1) is 0 Å². The Labute approximate surface area is 491 Å². The Morgan fingerprint density at radius 3 is 1.54 bits per heavy atom. The Bertz CT molecular complexity index is 2440. The van der Waals surface area contributed by atoms with E-state index in [9.17, 15) is 44.4 Å². The molecule has 81 heavy (non-hydrogen) atoms. The molecular formula is C63H107N5O10S3. The van der Waals surface area contributed by atoms with Crippen LogP contribution in [0.25, 0.3) is 0 Å². The monoisotopic (exact) mass is 1190 g/mol. The maximum atomic E-state index is 11.8. The number of carbonyl (C=O) groups is 4. The van der Waals surface area contributed by atoms with E-state index in [2.05, 4.69) is 117 Å². The van der Waals surface area contributed by atoms with Gasteiger partial charge in [-0.3, -0.25) is 29.0 Å². The second kappa shape index (κ2) is 34.4. The molecule has 9 rings (SSSR count). The van der Waals surface area contributed by atoms with Crippen molar-refractivity contribution < 1.29 is 44.4 Å². The van der Waals surface area contributed by atoms with Crippen LogP contribution in [0.2, 0.25) is 0 Å². The van der Waals surface area contributed by atoms with Crippen LogP contribution in [0.1, 0.15) is 190 Å². The number of nitrogens with zero attached hydrogens (tertiary/aromatic N) is 4. The number of hydrogen-bond acceptors (Lipinski definition) is 12. The fraction of sp³-hybridized carbons (Fsp3) is 0.746. The van der Waals surface area contributed by atoms with Gasteiger partial charge in [0.25, 0.3) is 0 Å². The number of Topliss-reactive ketones (excluding diaryl/α,β-unsaturated/α-hetero) is 2. The molecule has 2 amide bonds. The SMILES string of the molecule is CC(C)C1C(=O)CCc2ccccc21.CC(C)C1CCCCC1=O.CC(C)C1CCS(=O)(=O)NC1.CC(C)N1C(=O)CCc2ccccc21.CC(C)N1CCCCC1=O.CC(C)N1CCCS(=O)(=O)C1.CC(C)N1CCS(=O)(=O)CC1. The number of sulfone groups is 2. The molecule has 3 unspecified atom stereocenters. The number of aryl methyl sites for hydroxylation is 2. The number of likely N-dealkylation sites (tertiary alicyclic amines) is 1. The third-order valence-corrected chi connectivity index (χ3v) is 21.1. The van der Waals surface area contributed by atoms with Crippen LogP contribution in [0.5, 0.6) is 0 Å². The summed E-state index contributed by atoms with van der Waals surface area (Å²) in [7, 11) is -8.34. The summed E-state index contributed by atoms with van der Waals surface area (Å²) in [6.07, 6.45) is 12.2. The van der Waals surface area contributed by atoms with Crippen LogP contribution >= 0.6 is 0 Å². The highest BCUT2D eigenvalue weighted by atomic mass is 32.2. The second-order valence-corrected chi connectivity index (χ2v) is 31.5. The standard InChI is InChI=1S/C13H16O.C12H15NO.C9H16O.C8H15NO.3C7H15NO2S/c2*1-9(2)13-11-6-4-3-5-10(11)7-8-12(13)14;1-7(2)8-5-3-4-6-9(8)10;1-7(2)9-6-4-3-5-8(9)10;1-7(2)8-3-5-11(9,10)6-4-8;1-6(2)7-3-4-11(9,10)8-5-7;1-7(2)8-4-3-5-11(9,10)6-8/h3-6,9,13H,7-8H2,1-2H3;3-6,9H,7-8H2,1-2H3;7-8H,3-6H2,1-2H3;7H,3-6H2,1-2H3;7H,3-6H2,1-2H3;6-8H,3-5H2,1-2H3;7H,3-6H2,1-2H3. The van der Waals surface area contributed by atoms with Crippen molar-refractivity contribution in [2.75, 3.05) is 66.5 Å². The lowest BCUT2D eigenvalue weighted by atomic mass is 9.76.